The molecule has 20 heavy (non-hydrogen) atoms. The van der Waals surface area contributed by atoms with Crippen molar-refractivity contribution in [2.45, 2.75) is 4.90 Å². The van der Waals surface area contributed by atoms with Gasteiger partial charge in [-0.05, 0) is 23.8 Å². The molecule has 0 amide bonds. The Bertz CT molecular complexity index is 612. The van der Waals surface area contributed by atoms with E-state index < -0.39 is 16.0 Å². The van der Waals surface area contributed by atoms with Crippen LogP contribution in [-0.4, -0.2) is 39.8 Å². The Morgan fingerprint density at radius 3 is 2.75 bits per heavy atom. The van der Waals surface area contributed by atoms with E-state index in [1.54, 1.807) is 0 Å². The van der Waals surface area contributed by atoms with Crippen LogP contribution >= 0.6 is 11.6 Å². The third-order valence-electron chi connectivity index (χ3n) is 2.26. The van der Waals surface area contributed by atoms with Gasteiger partial charge in [0, 0.05) is 19.7 Å². The topological polar surface area (TPSA) is 92.7 Å². The van der Waals surface area contributed by atoms with Crippen molar-refractivity contribution >= 4 is 33.7 Å². The predicted octanol–water partition coefficient (Wildman–Crippen LogP) is 1.36. The monoisotopic (exact) mass is 319 g/mol. The third-order valence-corrected chi connectivity index (χ3v) is 4.21. The molecule has 0 aliphatic heterocycles. The van der Waals surface area contributed by atoms with Crippen LogP contribution in [0.1, 0.15) is 5.56 Å². The molecule has 0 radical (unpaired) electrons. The van der Waals surface area contributed by atoms with Crippen molar-refractivity contribution in [1.29, 1.82) is 0 Å². The Balaban J connectivity index is 2.95. The predicted molar refractivity (Wildman–Crippen MR) is 75.2 cm³/mol. The molecule has 0 aromatic heterocycles. The molecule has 0 aliphatic carbocycles. The number of nitrogens with one attached hydrogen (secondary N) is 1. The molecule has 0 fully saturated rings. The number of carbonyl (C=O) groups is 1. The van der Waals surface area contributed by atoms with E-state index in [9.17, 15) is 13.2 Å². The zero-order valence-corrected chi connectivity index (χ0v) is 12.2. The molecule has 0 atom stereocenters. The van der Waals surface area contributed by atoms with Gasteiger partial charge < -0.3 is 9.84 Å². The van der Waals surface area contributed by atoms with E-state index in [2.05, 4.69) is 4.72 Å². The number of aliphatic carboxylic acids is 1. The van der Waals surface area contributed by atoms with Crippen LogP contribution in [0.25, 0.3) is 6.08 Å². The highest BCUT2D eigenvalue weighted by Crippen LogP contribution is 2.23. The third kappa shape index (κ3) is 4.93. The number of hydrogen-bond donors (Lipinski definition) is 2. The smallest absolute Gasteiger partial charge is 0.328 e. The summed E-state index contributed by atoms with van der Waals surface area (Å²) in [6, 6.07) is 4.17. The molecule has 0 saturated carbocycles. The second-order valence-electron chi connectivity index (χ2n) is 3.75. The van der Waals surface area contributed by atoms with Gasteiger partial charge in [0.25, 0.3) is 0 Å². The first-order valence-corrected chi connectivity index (χ1v) is 7.42. The number of halogens is 1. The summed E-state index contributed by atoms with van der Waals surface area (Å²) < 4.78 is 31.0. The lowest BCUT2D eigenvalue weighted by Crippen LogP contribution is -2.27. The molecule has 0 saturated heterocycles. The summed E-state index contributed by atoms with van der Waals surface area (Å²) in [5.41, 5.74) is 0.494. The van der Waals surface area contributed by atoms with Gasteiger partial charge in [-0.15, -0.1) is 0 Å². The summed E-state index contributed by atoms with van der Waals surface area (Å²) in [6.07, 6.45) is 2.26. The van der Waals surface area contributed by atoms with Crippen LogP contribution in [0.2, 0.25) is 5.02 Å². The summed E-state index contributed by atoms with van der Waals surface area (Å²) in [5.74, 6) is -1.10. The first-order chi connectivity index (χ1) is 9.36. The fraction of sp³-hybridized carbons (Fsp3) is 0.250. The largest absolute Gasteiger partial charge is 0.478 e. The minimum Gasteiger partial charge on any atom is -0.478 e. The highest BCUT2D eigenvalue weighted by atomic mass is 35.5. The second-order valence-corrected chi connectivity index (χ2v) is 5.89. The number of carboxylic acid groups (broad SMARTS) is 1. The number of carboxylic acids is 1. The van der Waals surface area contributed by atoms with Gasteiger partial charge in [-0.25, -0.2) is 17.9 Å². The SMILES string of the molecule is COCCNS(=O)(=O)c1ccc(C=CC(=O)O)cc1Cl. The number of methoxy groups -OCH3 is 1. The number of sulfonamides is 1. The highest BCUT2D eigenvalue weighted by molar-refractivity contribution is 7.89. The lowest BCUT2D eigenvalue weighted by molar-refractivity contribution is -0.131. The molecule has 0 aliphatic rings. The van der Waals surface area contributed by atoms with E-state index >= 15 is 0 Å². The molecule has 8 heteroatoms. The van der Waals surface area contributed by atoms with Crippen molar-refractivity contribution < 1.29 is 23.1 Å². The van der Waals surface area contributed by atoms with Gasteiger partial charge in [0.05, 0.1) is 11.6 Å². The van der Waals surface area contributed by atoms with Crippen molar-refractivity contribution in [2.24, 2.45) is 0 Å². The van der Waals surface area contributed by atoms with Crippen molar-refractivity contribution in [3.8, 4) is 0 Å². The van der Waals surface area contributed by atoms with Crippen LogP contribution in [-0.2, 0) is 19.6 Å². The summed E-state index contributed by atoms with van der Waals surface area (Å²) in [4.78, 5) is 10.3. The van der Waals surface area contributed by atoms with Gasteiger partial charge in [0.2, 0.25) is 10.0 Å². The molecule has 0 bridgehead atoms. The van der Waals surface area contributed by atoms with Crippen LogP contribution in [0.15, 0.2) is 29.2 Å². The lowest BCUT2D eigenvalue weighted by atomic mass is 10.2. The Labute approximate surface area is 122 Å². The highest BCUT2D eigenvalue weighted by Gasteiger charge is 2.17. The van der Waals surface area contributed by atoms with Crippen LogP contribution in [0.4, 0.5) is 0 Å². The Morgan fingerprint density at radius 1 is 1.50 bits per heavy atom. The Kier molecular flexibility index (Phi) is 6.15. The molecular formula is C12H14ClNO5S. The van der Waals surface area contributed by atoms with Crippen molar-refractivity contribution in [1.82, 2.24) is 4.72 Å². The zero-order chi connectivity index (χ0) is 15.2. The average Bonchev–Trinajstić information content (AvgIpc) is 2.36. The van der Waals surface area contributed by atoms with Crippen molar-refractivity contribution in [3.63, 3.8) is 0 Å². The number of hydrogen-bond acceptors (Lipinski definition) is 4. The first-order valence-electron chi connectivity index (χ1n) is 5.56. The van der Waals surface area contributed by atoms with Crippen LogP contribution in [0.5, 0.6) is 0 Å². The average molecular weight is 320 g/mol. The molecule has 0 spiro atoms. The molecule has 1 aromatic rings. The molecule has 0 heterocycles. The fourth-order valence-corrected chi connectivity index (χ4v) is 2.93. The molecule has 2 N–H and O–H groups in total. The van der Waals surface area contributed by atoms with Crippen molar-refractivity contribution in [3.05, 3.63) is 34.9 Å². The van der Waals surface area contributed by atoms with Gasteiger partial charge in [-0.2, -0.15) is 0 Å². The molecule has 6 nitrogen and oxygen atoms in total. The zero-order valence-electron chi connectivity index (χ0n) is 10.7. The maximum absolute atomic E-state index is 11.9. The number of benzene rings is 1. The standard InChI is InChI=1S/C12H14ClNO5S/c1-19-7-6-14-20(17,18)11-4-2-9(8-10(11)13)3-5-12(15)16/h2-5,8,14H,6-7H2,1H3,(H,15,16). The normalized spacial score (nSPS) is 11.9. The second kappa shape index (κ2) is 7.39. The number of rotatable bonds is 7. The quantitative estimate of drug-likeness (QED) is 0.585. The molecular weight excluding hydrogens is 306 g/mol. The lowest BCUT2D eigenvalue weighted by Gasteiger charge is -2.08. The van der Waals surface area contributed by atoms with Crippen LogP contribution in [0.3, 0.4) is 0 Å². The van der Waals surface area contributed by atoms with E-state index in [4.69, 9.17) is 21.4 Å². The van der Waals surface area contributed by atoms with Gasteiger partial charge in [0.1, 0.15) is 4.90 Å². The van der Waals surface area contributed by atoms with Crippen LogP contribution < -0.4 is 4.72 Å². The maximum Gasteiger partial charge on any atom is 0.328 e. The summed E-state index contributed by atoms with van der Waals surface area (Å²) in [7, 11) is -2.25. The van der Waals surface area contributed by atoms with Crippen LogP contribution in [0, 0.1) is 0 Å². The van der Waals surface area contributed by atoms with E-state index in [0.717, 1.165) is 6.08 Å². The molecule has 0 unspecified atom stereocenters. The van der Waals surface area contributed by atoms with Gasteiger partial charge in [0.15, 0.2) is 0 Å². The van der Waals surface area contributed by atoms with Gasteiger partial charge in [-0.3, -0.25) is 0 Å². The Morgan fingerprint density at radius 2 is 2.20 bits per heavy atom. The molecule has 1 rings (SSSR count). The Hall–Kier alpha value is -1.41. The van der Waals surface area contributed by atoms with Gasteiger partial charge in [-0.1, -0.05) is 17.7 Å². The molecule has 110 valence electrons. The minimum absolute atomic E-state index is 0.0162. The number of ether oxygens (including phenoxy) is 1. The molecule has 1 aromatic carbocycles. The van der Waals surface area contributed by atoms with E-state index in [1.165, 1.54) is 31.4 Å². The fourth-order valence-electron chi connectivity index (χ4n) is 1.36. The first kappa shape index (κ1) is 16.6. The maximum atomic E-state index is 11.9. The van der Waals surface area contributed by atoms with Gasteiger partial charge >= 0.3 is 5.97 Å². The van der Waals surface area contributed by atoms with E-state index in [0.29, 0.717) is 5.56 Å². The summed E-state index contributed by atoms with van der Waals surface area (Å²) in [6.45, 7) is 0.381. The van der Waals surface area contributed by atoms with Crippen molar-refractivity contribution in [2.75, 3.05) is 20.3 Å². The summed E-state index contributed by atoms with van der Waals surface area (Å²) in [5, 5.41) is 8.53. The van der Waals surface area contributed by atoms with E-state index in [1.807, 2.05) is 0 Å². The summed E-state index contributed by atoms with van der Waals surface area (Å²) >= 11 is 5.91. The van der Waals surface area contributed by atoms with E-state index in [-0.39, 0.29) is 23.1 Å². The minimum atomic E-state index is -3.71.